The van der Waals surface area contributed by atoms with Crippen molar-refractivity contribution >= 4 is 11.6 Å². The van der Waals surface area contributed by atoms with Crippen LogP contribution in [0.2, 0.25) is 0 Å². The van der Waals surface area contributed by atoms with E-state index in [1.165, 1.54) is 12.8 Å². The Morgan fingerprint density at radius 2 is 1.64 bits per heavy atom. The molecule has 0 fully saturated rings. The van der Waals surface area contributed by atoms with Crippen LogP contribution < -0.4 is 0 Å². The van der Waals surface area contributed by atoms with Crippen LogP contribution in [0.25, 0.3) is 0 Å². The summed E-state index contributed by atoms with van der Waals surface area (Å²) in [6.45, 7) is 6.35. The van der Waals surface area contributed by atoms with Gasteiger partial charge in [0.25, 0.3) is 0 Å². The number of halogens is 1. The van der Waals surface area contributed by atoms with E-state index in [9.17, 15) is 0 Å². The van der Waals surface area contributed by atoms with Crippen molar-refractivity contribution in [1.82, 2.24) is 0 Å². The van der Waals surface area contributed by atoms with Gasteiger partial charge in [-0.3, -0.25) is 0 Å². The van der Waals surface area contributed by atoms with Gasteiger partial charge in [0, 0.05) is 12.5 Å². The van der Waals surface area contributed by atoms with Gasteiger partial charge in [0.15, 0.2) is 0 Å². The quantitative estimate of drug-likeness (QED) is 0.303. The summed E-state index contributed by atoms with van der Waals surface area (Å²) in [5.74, 6) is 0.774. The fourth-order valence-corrected chi connectivity index (χ4v) is 1.23. The Kier molecular flexibility index (Phi) is 12.9. The lowest BCUT2D eigenvalue weighted by atomic mass is 10.2. The van der Waals surface area contributed by atoms with E-state index < -0.39 is 0 Å². The molecule has 0 aliphatic carbocycles. The third-order valence-corrected chi connectivity index (χ3v) is 2.05. The summed E-state index contributed by atoms with van der Waals surface area (Å²) in [7, 11) is 0. The van der Waals surface area contributed by atoms with Crippen molar-refractivity contribution in [2.45, 2.75) is 25.7 Å². The Balaban J connectivity index is 2.81. The minimum absolute atomic E-state index is 0.610. The number of alkyl halides is 1. The van der Waals surface area contributed by atoms with Gasteiger partial charge in [-0.25, -0.2) is 0 Å². The highest BCUT2D eigenvalue weighted by Crippen LogP contribution is 2.00. The number of ether oxygens (including phenoxy) is 2. The molecule has 0 saturated carbocycles. The van der Waals surface area contributed by atoms with Gasteiger partial charge < -0.3 is 9.47 Å². The first kappa shape index (κ1) is 13.9. The smallest absolute Gasteiger partial charge is 0.0704 e. The van der Waals surface area contributed by atoms with Crippen molar-refractivity contribution < 1.29 is 9.47 Å². The number of hydrogen-bond acceptors (Lipinski definition) is 2. The molecule has 0 spiro atoms. The maximum absolute atomic E-state index is 5.56. The zero-order chi connectivity index (χ0) is 10.5. The Morgan fingerprint density at radius 1 is 0.929 bits per heavy atom. The summed E-state index contributed by atoms with van der Waals surface area (Å²) in [4.78, 5) is 0. The van der Waals surface area contributed by atoms with Crippen molar-refractivity contribution in [3.63, 3.8) is 0 Å². The van der Waals surface area contributed by atoms with Crippen LogP contribution in [-0.2, 0) is 9.47 Å². The maximum Gasteiger partial charge on any atom is 0.0704 e. The summed E-state index contributed by atoms with van der Waals surface area (Å²) in [5.41, 5.74) is 0. The van der Waals surface area contributed by atoms with E-state index in [0.717, 1.165) is 25.3 Å². The molecule has 0 aliphatic heterocycles. The van der Waals surface area contributed by atoms with Gasteiger partial charge in [-0.2, -0.15) is 0 Å². The molecule has 0 aromatic rings. The molecule has 0 bridgehead atoms. The zero-order valence-electron chi connectivity index (χ0n) is 8.84. The molecule has 0 N–H and O–H groups in total. The fraction of sp³-hybridized carbons (Fsp3) is 0.818. The second-order valence-corrected chi connectivity index (χ2v) is 3.46. The highest BCUT2D eigenvalue weighted by atomic mass is 35.5. The van der Waals surface area contributed by atoms with Crippen molar-refractivity contribution in [2.75, 3.05) is 32.3 Å². The monoisotopic (exact) mass is 220 g/mol. The SMILES string of the molecule is C=CCOCCOCCCCCCCl. The Bertz CT molecular complexity index is 118. The van der Waals surface area contributed by atoms with Gasteiger partial charge in [0.05, 0.1) is 19.8 Å². The van der Waals surface area contributed by atoms with E-state index in [2.05, 4.69) is 6.58 Å². The molecule has 2 nitrogen and oxygen atoms in total. The highest BCUT2D eigenvalue weighted by Gasteiger charge is 1.90. The summed E-state index contributed by atoms with van der Waals surface area (Å²) in [6, 6.07) is 0. The second-order valence-electron chi connectivity index (χ2n) is 3.08. The third kappa shape index (κ3) is 11.9. The van der Waals surface area contributed by atoms with E-state index in [4.69, 9.17) is 21.1 Å². The minimum atomic E-state index is 0.610. The molecule has 0 heterocycles. The van der Waals surface area contributed by atoms with Gasteiger partial charge >= 0.3 is 0 Å². The Hall–Kier alpha value is -0.0500. The maximum atomic E-state index is 5.56. The van der Waals surface area contributed by atoms with Crippen molar-refractivity contribution in [3.05, 3.63) is 12.7 Å². The van der Waals surface area contributed by atoms with Crippen LogP contribution in [0.4, 0.5) is 0 Å². The minimum Gasteiger partial charge on any atom is -0.379 e. The number of hydrogen-bond donors (Lipinski definition) is 0. The molecule has 84 valence electrons. The average molecular weight is 221 g/mol. The zero-order valence-corrected chi connectivity index (χ0v) is 9.60. The van der Waals surface area contributed by atoms with Crippen LogP contribution in [-0.4, -0.2) is 32.3 Å². The molecule has 0 unspecified atom stereocenters. The van der Waals surface area contributed by atoms with E-state index in [0.29, 0.717) is 19.8 Å². The second kappa shape index (κ2) is 12.9. The predicted molar refractivity (Wildman–Crippen MR) is 61.0 cm³/mol. The first-order chi connectivity index (χ1) is 6.91. The van der Waals surface area contributed by atoms with Gasteiger partial charge in [0.1, 0.15) is 0 Å². The summed E-state index contributed by atoms with van der Waals surface area (Å²) in [5, 5.41) is 0. The Labute approximate surface area is 92.2 Å². The van der Waals surface area contributed by atoms with Gasteiger partial charge in [-0.15, -0.1) is 18.2 Å². The molecule has 3 heteroatoms. The third-order valence-electron chi connectivity index (χ3n) is 1.78. The van der Waals surface area contributed by atoms with Crippen LogP contribution in [0.1, 0.15) is 25.7 Å². The molecule has 0 amide bonds. The van der Waals surface area contributed by atoms with E-state index in [1.54, 1.807) is 6.08 Å². The summed E-state index contributed by atoms with van der Waals surface area (Å²) < 4.78 is 10.5. The molecule has 0 saturated heterocycles. The largest absolute Gasteiger partial charge is 0.379 e. The number of unbranched alkanes of at least 4 members (excludes halogenated alkanes) is 3. The lowest BCUT2D eigenvalue weighted by Crippen LogP contribution is -2.05. The van der Waals surface area contributed by atoms with Crippen LogP contribution in [0.5, 0.6) is 0 Å². The molecule has 14 heavy (non-hydrogen) atoms. The van der Waals surface area contributed by atoms with Crippen molar-refractivity contribution in [2.24, 2.45) is 0 Å². The molecule has 0 aromatic carbocycles. The van der Waals surface area contributed by atoms with Crippen molar-refractivity contribution in [3.8, 4) is 0 Å². The van der Waals surface area contributed by atoms with Gasteiger partial charge in [-0.05, 0) is 12.8 Å². The van der Waals surface area contributed by atoms with E-state index in [-0.39, 0.29) is 0 Å². The normalized spacial score (nSPS) is 10.4. The van der Waals surface area contributed by atoms with Crippen molar-refractivity contribution in [1.29, 1.82) is 0 Å². The molecule has 0 atom stereocenters. The Morgan fingerprint density at radius 3 is 2.36 bits per heavy atom. The molecule has 0 radical (unpaired) electrons. The molecular formula is C11H21ClO2. The van der Waals surface area contributed by atoms with Crippen LogP contribution in [0, 0.1) is 0 Å². The highest BCUT2D eigenvalue weighted by molar-refractivity contribution is 6.17. The number of rotatable bonds is 11. The van der Waals surface area contributed by atoms with Crippen LogP contribution in [0.15, 0.2) is 12.7 Å². The van der Waals surface area contributed by atoms with Gasteiger partial charge in [0.2, 0.25) is 0 Å². The standard InChI is InChI=1S/C11H21ClO2/c1-2-8-13-10-11-14-9-6-4-3-5-7-12/h2H,1,3-11H2. The van der Waals surface area contributed by atoms with E-state index >= 15 is 0 Å². The lowest BCUT2D eigenvalue weighted by molar-refractivity contribution is 0.0568. The molecule has 0 aliphatic rings. The predicted octanol–water partition coefficient (Wildman–Crippen LogP) is 3.00. The molecular weight excluding hydrogens is 200 g/mol. The first-order valence-corrected chi connectivity index (χ1v) is 5.77. The van der Waals surface area contributed by atoms with Crippen LogP contribution in [0.3, 0.4) is 0 Å². The summed E-state index contributed by atoms with van der Waals surface area (Å²) in [6.07, 6.45) is 6.40. The molecule has 0 rings (SSSR count). The average Bonchev–Trinajstić information content (AvgIpc) is 2.21. The first-order valence-electron chi connectivity index (χ1n) is 5.24. The van der Waals surface area contributed by atoms with Gasteiger partial charge in [-0.1, -0.05) is 18.9 Å². The summed E-state index contributed by atoms with van der Waals surface area (Å²) >= 11 is 5.56. The van der Waals surface area contributed by atoms with Crippen LogP contribution >= 0.6 is 11.6 Å². The topological polar surface area (TPSA) is 18.5 Å². The lowest BCUT2D eigenvalue weighted by Gasteiger charge is -2.03. The molecule has 0 aromatic heterocycles. The van der Waals surface area contributed by atoms with E-state index in [1.807, 2.05) is 0 Å². The fourth-order valence-electron chi connectivity index (χ4n) is 1.04.